The van der Waals surface area contributed by atoms with Crippen LogP contribution in [0.1, 0.15) is 25.7 Å². The van der Waals surface area contributed by atoms with E-state index in [0.29, 0.717) is 0 Å². The zero-order valence-electron chi connectivity index (χ0n) is 10.3. The molecule has 2 aromatic rings. The Hall–Kier alpha value is -0.580. The maximum atomic E-state index is 4.60. The lowest BCUT2D eigenvalue weighted by Gasteiger charge is -2.21. The fraction of sp³-hybridized carbons (Fsp3) is 0.533. The first-order chi connectivity index (χ1) is 8.79. The molecular formula is C15H17IN2. The van der Waals surface area contributed by atoms with Crippen molar-refractivity contribution in [1.82, 2.24) is 9.78 Å². The van der Waals surface area contributed by atoms with E-state index in [1.807, 2.05) is 6.20 Å². The molecule has 2 aliphatic rings. The van der Waals surface area contributed by atoms with E-state index in [9.17, 15) is 0 Å². The molecule has 0 N–H and O–H groups in total. The van der Waals surface area contributed by atoms with Crippen molar-refractivity contribution in [3.8, 4) is 0 Å². The van der Waals surface area contributed by atoms with Crippen molar-refractivity contribution >= 4 is 33.5 Å². The van der Waals surface area contributed by atoms with Gasteiger partial charge >= 0.3 is 0 Å². The summed E-state index contributed by atoms with van der Waals surface area (Å²) >= 11 is 2.38. The van der Waals surface area contributed by atoms with Gasteiger partial charge in [0, 0.05) is 15.5 Å². The minimum atomic E-state index is 0.879. The molecule has 2 bridgehead atoms. The molecule has 2 nitrogen and oxygen atoms in total. The summed E-state index contributed by atoms with van der Waals surface area (Å²) in [6.07, 6.45) is 7.89. The summed E-state index contributed by atoms with van der Waals surface area (Å²) in [4.78, 5) is 0. The van der Waals surface area contributed by atoms with Crippen LogP contribution in [0.3, 0.4) is 0 Å². The molecule has 0 amide bonds. The van der Waals surface area contributed by atoms with E-state index in [4.69, 9.17) is 0 Å². The van der Waals surface area contributed by atoms with Crippen LogP contribution in [0.25, 0.3) is 10.9 Å². The lowest BCUT2D eigenvalue weighted by Crippen LogP contribution is -2.17. The van der Waals surface area contributed by atoms with Gasteiger partial charge in [0.1, 0.15) is 0 Å². The molecular weight excluding hydrogens is 335 g/mol. The number of fused-ring (bicyclic) bond motifs is 3. The predicted molar refractivity (Wildman–Crippen MR) is 81.4 cm³/mol. The van der Waals surface area contributed by atoms with Crippen molar-refractivity contribution in [2.45, 2.75) is 32.2 Å². The third kappa shape index (κ3) is 1.78. The van der Waals surface area contributed by atoms with E-state index in [-0.39, 0.29) is 0 Å². The summed E-state index contributed by atoms with van der Waals surface area (Å²) in [6, 6.07) is 6.60. The summed E-state index contributed by atoms with van der Waals surface area (Å²) in [7, 11) is 0. The number of halogens is 1. The molecule has 0 spiro atoms. The normalized spacial score (nSPS) is 30.4. The van der Waals surface area contributed by atoms with Crippen LogP contribution in [0.4, 0.5) is 0 Å². The van der Waals surface area contributed by atoms with Crippen LogP contribution in [0, 0.1) is 21.3 Å². The molecule has 0 saturated heterocycles. The smallest absolute Gasteiger partial charge is 0.0693 e. The van der Waals surface area contributed by atoms with Crippen molar-refractivity contribution in [3.63, 3.8) is 0 Å². The van der Waals surface area contributed by atoms with E-state index in [1.165, 1.54) is 40.2 Å². The highest BCUT2D eigenvalue weighted by atomic mass is 127. The molecule has 2 fully saturated rings. The first kappa shape index (κ1) is 11.3. The number of aromatic nitrogens is 2. The van der Waals surface area contributed by atoms with E-state index in [1.54, 1.807) is 0 Å². The van der Waals surface area contributed by atoms with Gasteiger partial charge in [-0.1, -0.05) is 12.5 Å². The topological polar surface area (TPSA) is 17.8 Å². The Bertz CT molecular complexity index is 589. The Balaban J connectivity index is 1.65. The van der Waals surface area contributed by atoms with Gasteiger partial charge in [-0.05, 0) is 71.7 Å². The quantitative estimate of drug-likeness (QED) is 0.745. The van der Waals surface area contributed by atoms with Gasteiger partial charge in [0.15, 0.2) is 0 Å². The highest BCUT2D eigenvalue weighted by Crippen LogP contribution is 2.48. The van der Waals surface area contributed by atoms with Gasteiger partial charge in [-0.2, -0.15) is 5.10 Å². The van der Waals surface area contributed by atoms with Crippen LogP contribution >= 0.6 is 22.6 Å². The average Bonchev–Trinajstić information content (AvgIpc) is 3.05. The van der Waals surface area contributed by atoms with E-state index in [2.05, 4.69) is 50.6 Å². The Labute approximate surface area is 121 Å². The highest BCUT2D eigenvalue weighted by Gasteiger charge is 2.39. The number of hydrogen-bond donors (Lipinski definition) is 0. The molecule has 1 aromatic carbocycles. The van der Waals surface area contributed by atoms with Gasteiger partial charge < -0.3 is 0 Å². The molecule has 94 valence electrons. The molecule has 4 rings (SSSR count). The molecule has 3 heteroatoms. The Morgan fingerprint density at radius 3 is 3.00 bits per heavy atom. The summed E-state index contributed by atoms with van der Waals surface area (Å²) in [6.45, 7) is 1.13. The monoisotopic (exact) mass is 352 g/mol. The Morgan fingerprint density at radius 1 is 1.28 bits per heavy atom. The third-order valence-electron chi connectivity index (χ3n) is 4.90. The van der Waals surface area contributed by atoms with Gasteiger partial charge in [-0.3, -0.25) is 4.68 Å². The predicted octanol–water partition coefficient (Wildman–Crippen LogP) is 4.08. The van der Waals surface area contributed by atoms with Gasteiger partial charge in [-0.25, -0.2) is 0 Å². The maximum Gasteiger partial charge on any atom is 0.0693 e. The van der Waals surface area contributed by atoms with Gasteiger partial charge in [-0.15, -0.1) is 0 Å². The van der Waals surface area contributed by atoms with Crippen molar-refractivity contribution in [2.24, 2.45) is 17.8 Å². The van der Waals surface area contributed by atoms with Crippen LogP contribution in [0.2, 0.25) is 0 Å². The second-order valence-corrected chi connectivity index (χ2v) is 7.21. The van der Waals surface area contributed by atoms with E-state index < -0.39 is 0 Å². The van der Waals surface area contributed by atoms with Crippen LogP contribution in [0.15, 0.2) is 24.4 Å². The van der Waals surface area contributed by atoms with Crippen LogP contribution in [-0.2, 0) is 6.54 Å². The fourth-order valence-corrected chi connectivity index (χ4v) is 4.49. The van der Waals surface area contributed by atoms with Crippen molar-refractivity contribution in [1.29, 1.82) is 0 Å². The van der Waals surface area contributed by atoms with Crippen molar-refractivity contribution in [3.05, 3.63) is 28.0 Å². The second kappa shape index (κ2) is 4.22. The molecule has 0 radical (unpaired) electrons. The molecule has 1 heterocycles. The number of hydrogen-bond acceptors (Lipinski definition) is 1. The van der Waals surface area contributed by atoms with Crippen molar-refractivity contribution in [2.75, 3.05) is 0 Å². The standard InChI is InChI=1S/C15H17IN2/c16-14-4-3-12-8-17-18(15(12)7-14)9-13-6-10-1-2-11(13)5-10/h3-4,7-8,10-11,13H,1-2,5-6,9H2. The largest absolute Gasteiger partial charge is 0.265 e. The SMILES string of the molecule is Ic1ccc2cnn(CC3CC4CCC3C4)c2c1. The number of benzene rings is 1. The number of rotatable bonds is 2. The minimum absolute atomic E-state index is 0.879. The maximum absolute atomic E-state index is 4.60. The van der Waals surface area contributed by atoms with Gasteiger partial charge in [0.25, 0.3) is 0 Å². The average molecular weight is 352 g/mol. The first-order valence-electron chi connectivity index (χ1n) is 6.90. The summed E-state index contributed by atoms with van der Waals surface area (Å²) in [5, 5.41) is 5.87. The Kier molecular flexibility index (Phi) is 2.64. The van der Waals surface area contributed by atoms with Gasteiger partial charge in [0.05, 0.1) is 11.7 Å². The van der Waals surface area contributed by atoms with Gasteiger partial charge in [0.2, 0.25) is 0 Å². The van der Waals surface area contributed by atoms with Crippen LogP contribution in [0.5, 0.6) is 0 Å². The fourth-order valence-electron chi connectivity index (χ4n) is 4.01. The Morgan fingerprint density at radius 2 is 2.22 bits per heavy atom. The second-order valence-electron chi connectivity index (χ2n) is 5.96. The molecule has 2 aliphatic carbocycles. The summed E-state index contributed by atoms with van der Waals surface area (Å²) < 4.78 is 3.54. The van der Waals surface area contributed by atoms with Crippen molar-refractivity contribution < 1.29 is 0 Å². The minimum Gasteiger partial charge on any atom is -0.265 e. The highest BCUT2D eigenvalue weighted by molar-refractivity contribution is 14.1. The molecule has 18 heavy (non-hydrogen) atoms. The molecule has 3 unspecified atom stereocenters. The first-order valence-corrected chi connectivity index (χ1v) is 7.98. The van der Waals surface area contributed by atoms with Crippen LogP contribution in [-0.4, -0.2) is 9.78 Å². The molecule has 1 aromatic heterocycles. The number of nitrogens with zero attached hydrogens (tertiary/aromatic N) is 2. The van der Waals surface area contributed by atoms with E-state index in [0.717, 1.165) is 24.3 Å². The third-order valence-corrected chi connectivity index (χ3v) is 5.57. The zero-order valence-corrected chi connectivity index (χ0v) is 12.5. The summed E-state index contributed by atoms with van der Waals surface area (Å²) in [5.74, 6) is 2.89. The zero-order chi connectivity index (χ0) is 12.1. The van der Waals surface area contributed by atoms with Crippen LogP contribution < -0.4 is 0 Å². The summed E-state index contributed by atoms with van der Waals surface area (Å²) in [5.41, 5.74) is 1.31. The lowest BCUT2D eigenvalue weighted by molar-refractivity contribution is 0.289. The molecule has 2 saturated carbocycles. The molecule has 3 atom stereocenters. The lowest BCUT2D eigenvalue weighted by atomic mass is 9.89. The molecule has 0 aliphatic heterocycles. The van der Waals surface area contributed by atoms with E-state index >= 15 is 0 Å².